The minimum Gasteiger partial charge on any atom is -0.384 e. The lowest BCUT2D eigenvalue weighted by molar-refractivity contribution is -0.0191. The maximum atomic E-state index is 5.91. The molecule has 0 amide bonds. The lowest BCUT2D eigenvalue weighted by atomic mass is 9.88. The first-order valence-corrected chi connectivity index (χ1v) is 6.99. The summed E-state index contributed by atoms with van der Waals surface area (Å²) in [5.41, 5.74) is 6.84. The van der Waals surface area contributed by atoms with E-state index in [9.17, 15) is 0 Å². The van der Waals surface area contributed by atoms with Crippen LogP contribution in [0.5, 0.6) is 0 Å². The highest BCUT2D eigenvalue weighted by molar-refractivity contribution is 5.30. The zero-order chi connectivity index (χ0) is 14.6. The van der Waals surface area contributed by atoms with Crippen LogP contribution in [0.2, 0.25) is 0 Å². The highest BCUT2D eigenvalue weighted by atomic mass is 16.5. The van der Waals surface area contributed by atoms with Gasteiger partial charge in [0.1, 0.15) is 11.9 Å². The molecule has 2 N–H and O–H groups in total. The minimum absolute atomic E-state index is 0.0566. The summed E-state index contributed by atoms with van der Waals surface area (Å²) >= 11 is 0. The topological polar surface area (TPSA) is 61.0 Å². The van der Waals surface area contributed by atoms with Gasteiger partial charge in [-0.05, 0) is 24.7 Å². The fourth-order valence-corrected chi connectivity index (χ4v) is 2.06. The van der Waals surface area contributed by atoms with Crippen molar-refractivity contribution in [2.45, 2.75) is 54.1 Å². The first-order chi connectivity index (χ1) is 8.74. The molecule has 0 spiro atoms. The Morgan fingerprint density at radius 3 is 2.37 bits per heavy atom. The van der Waals surface area contributed by atoms with Gasteiger partial charge in [0.05, 0.1) is 0 Å². The second kappa shape index (κ2) is 6.33. The van der Waals surface area contributed by atoms with Gasteiger partial charge < -0.3 is 10.5 Å². The van der Waals surface area contributed by atoms with Crippen LogP contribution in [-0.2, 0) is 11.2 Å². The van der Waals surface area contributed by atoms with Gasteiger partial charge in [-0.2, -0.15) is 0 Å². The number of rotatable bonds is 5. The fraction of sp³-hybridized carbons (Fsp3) is 0.733. The van der Waals surface area contributed by atoms with Crippen LogP contribution in [-0.4, -0.2) is 16.6 Å². The number of ether oxygens (including phenoxy) is 1. The highest BCUT2D eigenvalue weighted by Crippen LogP contribution is 2.34. The maximum absolute atomic E-state index is 5.91. The van der Waals surface area contributed by atoms with E-state index in [1.807, 2.05) is 13.0 Å². The number of aromatic nitrogens is 2. The molecular formula is C15H27N3O. The molecule has 0 aliphatic carbocycles. The Labute approximate surface area is 116 Å². The zero-order valence-electron chi connectivity index (χ0n) is 13.0. The van der Waals surface area contributed by atoms with Gasteiger partial charge in [0, 0.05) is 18.4 Å². The molecule has 0 aliphatic rings. The Balaban J connectivity index is 3.12. The van der Waals surface area contributed by atoms with Crippen LogP contribution in [0.25, 0.3) is 0 Å². The van der Waals surface area contributed by atoms with Crippen molar-refractivity contribution in [3.63, 3.8) is 0 Å². The molecule has 0 saturated heterocycles. The molecule has 1 atom stereocenters. The van der Waals surface area contributed by atoms with Crippen LogP contribution < -0.4 is 5.73 Å². The smallest absolute Gasteiger partial charge is 0.160 e. The first kappa shape index (κ1) is 15.9. The second-order valence-corrected chi connectivity index (χ2v) is 6.44. The van der Waals surface area contributed by atoms with E-state index < -0.39 is 0 Å². The van der Waals surface area contributed by atoms with E-state index in [2.05, 4.69) is 44.6 Å². The summed E-state index contributed by atoms with van der Waals surface area (Å²) in [5.74, 6) is 1.77. The van der Waals surface area contributed by atoms with Gasteiger partial charge >= 0.3 is 0 Å². The van der Waals surface area contributed by atoms with Crippen LogP contribution in [0.3, 0.4) is 0 Å². The summed E-state index contributed by atoms with van der Waals surface area (Å²) in [6.45, 7) is 13.3. The van der Waals surface area contributed by atoms with Gasteiger partial charge in [0.15, 0.2) is 5.82 Å². The van der Waals surface area contributed by atoms with Gasteiger partial charge in [-0.3, -0.25) is 0 Å². The molecule has 4 heteroatoms. The summed E-state index contributed by atoms with van der Waals surface area (Å²) in [4.78, 5) is 9.01. The van der Waals surface area contributed by atoms with Crippen LogP contribution in [0.1, 0.15) is 59.2 Å². The van der Waals surface area contributed by atoms with Crippen LogP contribution in [0.4, 0.5) is 5.82 Å². The molecule has 1 aromatic rings. The molecule has 0 radical (unpaired) electrons. The van der Waals surface area contributed by atoms with Gasteiger partial charge in [-0.15, -0.1) is 0 Å². The van der Waals surface area contributed by atoms with Crippen molar-refractivity contribution in [1.82, 2.24) is 9.97 Å². The highest BCUT2D eigenvalue weighted by Gasteiger charge is 2.29. The molecule has 0 fully saturated rings. The molecule has 0 saturated carbocycles. The van der Waals surface area contributed by atoms with Gasteiger partial charge in [0.25, 0.3) is 0 Å². The average molecular weight is 265 g/mol. The summed E-state index contributed by atoms with van der Waals surface area (Å²) in [5, 5.41) is 0. The molecule has 0 aromatic carbocycles. The number of anilines is 1. The van der Waals surface area contributed by atoms with E-state index in [1.165, 1.54) is 0 Å². The number of nitrogens with two attached hydrogens (primary N) is 1. The van der Waals surface area contributed by atoms with E-state index in [-0.39, 0.29) is 11.5 Å². The van der Waals surface area contributed by atoms with Crippen molar-refractivity contribution in [3.05, 3.63) is 17.6 Å². The fourth-order valence-electron chi connectivity index (χ4n) is 2.06. The Bertz CT molecular complexity index is 410. The zero-order valence-corrected chi connectivity index (χ0v) is 13.0. The van der Waals surface area contributed by atoms with Crippen molar-refractivity contribution in [2.24, 2.45) is 11.3 Å². The SMILES string of the molecule is CCOC(c1nc(N)cc(CC(C)C)n1)C(C)(C)C. The lowest BCUT2D eigenvalue weighted by Gasteiger charge is -2.29. The van der Waals surface area contributed by atoms with Crippen molar-refractivity contribution < 1.29 is 4.74 Å². The number of hydrogen-bond acceptors (Lipinski definition) is 4. The number of nitrogen functional groups attached to an aromatic ring is 1. The van der Waals surface area contributed by atoms with Gasteiger partial charge in [-0.1, -0.05) is 34.6 Å². The van der Waals surface area contributed by atoms with Crippen molar-refractivity contribution in [3.8, 4) is 0 Å². The molecule has 0 bridgehead atoms. The maximum Gasteiger partial charge on any atom is 0.160 e. The quantitative estimate of drug-likeness (QED) is 0.886. The van der Waals surface area contributed by atoms with E-state index in [1.54, 1.807) is 0 Å². The lowest BCUT2D eigenvalue weighted by Crippen LogP contribution is -2.24. The predicted molar refractivity (Wildman–Crippen MR) is 78.8 cm³/mol. The second-order valence-electron chi connectivity index (χ2n) is 6.44. The number of hydrogen-bond donors (Lipinski definition) is 1. The van der Waals surface area contributed by atoms with E-state index in [0.29, 0.717) is 24.2 Å². The van der Waals surface area contributed by atoms with E-state index in [4.69, 9.17) is 10.5 Å². The van der Waals surface area contributed by atoms with Crippen LogP contribution in [0.15, 0.2) is 6.07 Å². The average Bonchev–Trinajstić information content (AvgIpc) is 2.22. The third-order valence-electron chi connectivity index (χ3n) is 2.79. The van der Waals surface area contributed by atoms with Crippen molar-refractivity contribution in [1.29, 1.82) is 0 Å². The molecule has 1 unspecified atom stereocenters. The van der Waals surface area contributed by atoms with Gasteiger partial charge in [-0.25, -0.2) is 9.97 Å². The first-order valence-electron chi connectivity index (χ1n) is 6.99. The Hall–Kier alpha value is -1.16. The molecule has 19 heavy (non-hydrogen) atoms. The normalized spacial score (nSPS) is 13.8. The third kappa shape index (κ3) is 4.78. The molecule has 1 rings (SSSR count). The predicted octanol–water partition coefficient (Wildman–Crippen LogP) is 3.38. The van der Waals surface area contributed by atoms with E-state index in [0.717, 1.165) is 12.1 Å². The molecular weight excluding hydrogens is 238 g/mol. The third-order valence-corrected chi connectivity index (χ3v) is 2.79. The molecule has 0 aliphatic heterocycles. The summed E-state index contributed by atoms with van der Waals surface area (Å²) in [7, 11) is 0. The largest absolute Gasteiger partial charge is 0.384 e. The monoisotopic (exact) mass is 265 g/mol. The Morgan fingerprint density at radius 1 is 1.26 bits per heavy atom. The van der Waals surface area contributed by atoms with Gasteiger partial charge in [0.2, 0.25) is 0 Å². The summed E-state index contributed by atoms with van der Waals surface area (Å²) in [6.07, 6.45) is 0.773. The van der Waals surface area contributed by atoms with Crippen LogP contribution >= 0.6 is 0 Å². The molecule has 108 valence electrons. The summed E-state index contributed by atoms with van der Waals surface area (Å²) in [6, 6.07) is 1.86. The number of nitrogens with zero attached hydrogens (tertiary/aromatic N) is 2. The minimum atomic E-state index is -0.132. The van der Waals surface area contributed by atoms with E-state index >= 15 is 0 Å². The Kier molecular flexibility index (Phi) is 5.29. The van der Waals surface area contributed by atoms with Crippen molar-refractivity contribution in [2.75, 3.05) is 12.3 Å². The Morgan fingerprint density at radius 2 is 1.89 bits per heavy atom. The van der Waals surface area contributed by atoms with Crippen molar-refractivity contribution >= 4 is 5.82 Å². The summed E-state index contributed by atoms with van der Waals surface area (Å²) < 4.78 is 5.83. The molecule has 1 aromatic heterocycles. The standard InChI is InChI=1S/C15H27N3O/c1-7-19-13(15(4,5)6)14-17-11(8-10(2)3)9-12(16)18-14/h9-10,13H,7-8H2,1-6H3,(H2,16,17,18). The molecule has 1 heterocycles. The van der Waals surface area contributed by atoms with Crippen LogP contribution in [0, 0.1) is 11.3 Å². The molecule has 4 nitrogen and oxygen atoms in total.